The summed E-state index contributed by atoms with van der Waals surface area (Å²) in [4.78, 5) is 43.3. The summed E-state index contributed by atoms with van der Waals surface area (Å²) in [6, 6.07) is 7.03. The molecular formula is C22H30IN3O3. The summed E-state index contributed by atoms with van der Waals surface area (Å²) in [7, 11) is 5.39. The zero-order valence-corrected chi connectivity index (χ0v) is 19.8. The van der Waals surface area contributed by atoms with Crippen molar-refractivity contribution in [3.63, 3.8) is 0 Å². The third kappa shape index (κ3) is 6.64. The van der Waals surface area contributed by atoms with E-state index in [1.807, 2.05) is 49.3 Å². The van der Waals surface area contributed by atoms with Crippen LogP contribution >= 0.6 is 22.6 Å². The minimum absolute atomic E-state index is 0.0422. The second-order valence-corrected chi connectivity index (χ2v) is 9.00. The van der Waals surface area contributed by atoms with Crippen LogP contribution in [0.2, 0.25) is 0 Å². The second-order valence-electron chi connectivity index (χ2n) is 7.75. The lowest BCUT2D eigenvalue weighted by molar-refractivity contribution is -0.148. The third-order valence-corrected chi connectivity index (χ3v) is 5.81. The lowest BCUT2D eigenvalue weighted by Crippen LogP contribution is -2.56. The molecule has 158 valence electrons. The van der Waals surface area contributed by atoms with Crippen LogP contribution < -0.4 is 0 Å². The Morgan fingerprint density at radius 1 is 1.17 bits per heavy atom. The number of likely N-dealkylation sites (N-methyl/N-ethyl adjacent to an activating group) is 2. The van der Waals surface area contributed by atoms with Gasteiger partial charge in [-0.15, -0.1) is 0 Å². The van der Waals surface area contributed by atoms with Crippen LogP contribution in [0.25, 0.3) is 0 Å². The molecule has 1 aliphatic heterocycles. The van der Waals surface area contributed by atoms with Gasteiger partial charge in [-0.2, -0.15) is 0 Å². The van der Waals surface area contributed by atoms with Gasteiger partial charge >= 0.3 is 0 Å². The van der Waals surface area contributed by atoms with Crippen molar-refractivity contribution >= 4 is 40.2 Å². The van der Waals surface area contributed by atoms with Gasteiger partial charge in [-0.25, -0.2) is 0 Å². The Morgan fingerprint density at radius 3 is 2.41 bits per heavy atom. The van der Waals surface area contributed by atoms with Crippen LogP contribution in [-0.2, 0) is 20.8 Å². The largest absolute Gasteiger partial charge is 0.337 e. The van der Waals surface area contributed by atoms with Crippen molar-refractivity contribution in [2.75, 3.05) is 34.2 Å². The molecule has 0 spiro atoms. The number of rotatable bonds is 7. The predicted molar refractivity (Wildman–Crippen MR) is 123 cm³/mol. The minimum atomic E-state index is -0.638. The van der Waals surface area contributed by atoms with Gasteiger partial charge in [-0.1, -0.05) is 24.3 Å². The van der Waals surface area contributed by atoms with Crippen LogP contribution in [-0.4, -0.2) is 78.6 Å². The number of carbonyl (C=O) groups excluding carboxylic acids is 3. The van der Waals surface area contributed by atoms with E-state index in [-0.39, 0.29) is 30.2 Å². The maximum Gasteiger partial charge on any atom is 0.245 e. The maximum absolute atomic E-state index is 13.4. The fraction of sp³-hybridized carbons (Fsp3) is 0.500. The number of halogens is 1. The van der Waals surface area contributed by atoms with E-state index in [0.717, 1.165) is 9.13 Å². The van der Waals surface area contributed by atoms with Gasteiger partial charge in [0.15, 0.2) is 0 Å². The van der Waals surface area contributed by atoms with Crippen LogP contribution in [0.1, 0.15) is 25.3 Å². The molecule has 0 bridgehead atoms. The van der Waals surface area contributed by atoms with E-state index < -0.39 is 6.04 Å². The molecule has 1 aliphatic rings. The molecule has 0 fully saturated rings. The average molecular weight is 511 g/mol. The molecule has 1 aromatic carbocycles. The molecule has 29 heavy (non-hydrogen) atoms. The Morgan fingerprint density at radius 2 is 1.83 bits per heavy atom. The molecular weight excluding hydrogens is 481 g/mol. The van der Waals surface area contributed by atoms with Gasteiger partial charge in [0.2, 0.25) is 11.8 Å². The molecule has 0 N–H and O–H groups in total. The molecule has 2 amide bonds. The summed E-state index contributed by atoms with van der Waals surface area (Å²) in [6.45, 7) is 1.99. The fourth-order valence-electron chi connectivity index (χ4n) is 3.54. The number of Topliss-reactive ketones (excluding diaryl/α,β-unsaturated/α-hetero) is 1. The van der Waals surface area contributed by atoms with E-state index in [1.54, 1.807) is 11.9 Å². The highest BCUT2D eigenvalue weighted by atomic mass is 127. The summed E-state index contributed by atoms with van der Waals surface area (Å²) in [5, 5.41) is 0. The molecule has 7 heteroatoms. The standard InChI is InChI=1S/C22H30IN3O3/c1-16(27)15-25(4)21(28)20(14-17-9-11-18(23)12-10-17)26-13-7-5-6-8-19(22(26)29)24(2)3/h5-6,9-12,19-20H,7-8,13-15H2,1-4H3/b6-5-/t19-,20-/m0/s1. The molecule has 2 rings (SSSR count). The van der Waals surface area contributed by atoms with Gasteiger partial charge in [0.1, 0.15) is 11.8 Å². The molecule has 0 unspecified atom stereocenters. The molecule has 0 aliphatic carbocycles. The number of amides is 2. The molecule has 0 aromatic heterocycles. The Balaban J connectivity index is 2.38. The summed E-state index contributed by atoms with van der Waals surface area (Å²) in [5.41, 5.74) is 0.992. The molecule has 1 aromatic rings. The highest BCUT2D eigenvalue weighted by molar-refractivity contribution is 14.1. The van der Waals surface area contributed by atoms with Gasteiger partial charge in [0.05, 0.1) is 12.6 Å². The van der Waals surface area contributed by atoms with Crippen molar-refractivity contribution in [3.8, 4) is 0 Å². The molecule has 6 nitrogen and oxygen atoms in total. The fourth-order valence-corrected chi connectivity index (χ4v) is 3.90. The topological polar surface area (TPSA) is 60.9 Å². The molecule has 2 atom stereocenters. The monoisotopic (exact) mass is 511 g/mol. The van der Waals surface area contributed by atoms with Crippen LogP contribution in [0.15, 0.2) is 36.4 Å². The van der Waals surface area contributed by atoms with Gasteiger partial charge < -0.3 is 9.80 Å². The van der Waals surface area contributed by atoms with Crippen molar-refractivity contribution in [2.24, 2.45) is 0 Å². The van der Waals surface area contributed by atoms with Crippen molar-refractivity contribution in [2.45, 2.75) is 38.3 Å². The van der Waals surface area contributed by atoms with E-state index in [2.05, 4.69) is 28.7 Å². The van der Waals surface area contributed by atoms with Crippen molar-refractivity contribution < 1.29 is 14.4 Å². The molecule has 0 saturated carbocycles. The average Bonchev–Trinajstić information content (AvgIpc) is 2.64. The number of ketones is 1. The Labute approximate surface area is 187 Å². The second kappa shape index (κ2) is 10.9. The summed E-state index contributed by atoms with van der Waals surface area (Å²) in [5.74, 6) is -0.324. The van der Waals surface area contributed by atoms with Gasteiger partial charge in [-0.05, 0) is 74.1 Å². The first kappa shape index (κ1) is 23.5. The van der Waals surface area contributed by atoms with Gasteiger partial charge in [-0.3, -0.25) is 19.3 Å². The highest BCUT2D eigenvalue weighted by Crippen LogP contribution is 2.19. The van der Waals surface area contributed by atoms with E-state index >= 15 is 0 Å². The summed E-state index contributed by atoms with van der Waals surface area (Å²) >= 11 is 2.24. The van der Waals surface area contributed by atoms with Crippen molar-refractivity contribution in [1.29, 1.82) is 0 Å². The molecule has 1 heterocycles. The lowest BCUT2D eigenvalue weighted by Gasteiger charge is -2.37. The Hall–Kier alpha value is -1.74. The minimum Gasteiger partial charge on any atom is -0.337 e. The van der Waals surface area contributed by atoms with E-state index in [0.29, 0.717) is 25.8 Å². The number of benzene rings is 1. The summed E-state index contributed by atoms with van der Waals surface area (Å²) < 4.78 is 1.11. The smallest absolute Gasteiger partial charge is 0.245 e. The zero-order chi connectivity index (χ0) is 21.6. The number of carbonyl (C=O) groups is 3. The Bertz CT molecular complexity index is 761. The SMILES string of the molecule is CC(=O)CN(C)C(=O)[C@H](Cc1ccc(I)cc1)N1CC/C=C\C[C@H](N(C)C)C1=O. The number of hydrogen-bond donors (Lipinski definition) is 0. The van der Waals surface area contributed by atoms with Crippen LogP contribution in [0, 0.1) is 3.57 Å². The van der Waals surface area contributed by atoms with Gasteiger partial charge in [0.25, 0.3) is 0 Å². The first-order chi connectivity index (χ1) is 13.7. The third-order valence-electron chi connectivity index (χ3n) is 5.09. The van der Waals surface area contributed by atoms with Crippen LogP contribution in [0.3, 0.4) is 0 Å². The van der Waals surface area contributed by atoms with E-state index in [1.165, 1.54) is 11.8 Å². The summed E-state index contributed by atoms with van der Waals surface area (Å²) in [6.07, 6.45) is 5.86. The zero-order valence-electron chi connectivity index (χ0n) is 17.6. The predicted octanol–water partition coefficient (Wildman–Crippen LogP) is 2.36. The van der Waals surface area contributed by atoms with Crippen molar-refractivity contribution in [3.05, 3.63) is 45.6 Å². The molecule has 0 saturated heterocycles. The quantitative estimate of drug-likeness (QED) is 0.417. The van der Waals surface area contributed by atoms with E-state index in [4.69, 9.17) is 0 Å². The van der Waals surface area contributed by atoms with Gasteiger partial charge in [0, 0.05) is 23.6 Å². The number of nitrogens with zero attached hydrogens (tertiary/aromatic N) is 3. The normalized spacial score (nSPS) is 19.4. The first-order valence-electron chi connectivity index (χ1n) is 9.81. The van der Waals surface area contributed by atoms with E-state index in [9.17, 15) is 14.4 Å². The van der Waals surface area contributed by atoms with Crippen LogP contribution in [0.4, 0.5) is 0 Å². The number of hydrogen-bond acceptors (Lipinski definition) is 4. The highest BCUT2D eigenvalue weighted by Gasteiger charge is 2.36. The van der Waals surface area contributed by atoms with Crippen molar-refractivity contribution in [1.82, 2.24) is 14.7 Å². The Kier molecular flexibility index (Phi) is 8.82. The maximum atomic E-state index is 13.4. The molecule has 0 radical (unpaired) electrons. The lowest BCUT2D eigenvalue weighted by atomic mass is 10.00. The van der Waals surface area contributed by atoms with Crippen LogP contribution in [0.5, 0.6) is 0 Å². The first-order valence-corrected chi connectivity index (χ1v) is 10.9.